The molecule has 0 aliphatic rings. The Balaban J connectivity index is 1.51. The first-order valence-corrected chi connectivity index (χ1v) is 11.0. The van der Waals surface area contributed by atoms with Crippen LogP contribution in [0.1, 0.15) is 31.1 Å². The maximum atomic E-state index is 12.7. The molecule has 0 spiro atoms. The average molecular weight is 450 g/mol. The van der Waals surface area contributed by atoms with Crippen molar-refractivity contribution in [2.75, 3.05) is 17.2 Å². The lowest BCUT2D eigenvalue weighted by molar-refractivity contribution is -0.114. The van der Waals surface area contributed by atoms with Crippen LogP contribution in [0.15, 0.2) is 53.9 Å². The molecule has 0 saturated heterocycles. The summed E-state index contributed by atoms with van der Waals surface area (Å²) in [5, 5.41) is 11.9. The van der Waals surface area contributed by atoms with E-state index in [9.17, 15) is 9.59 Å². The van der Waals surface area contributed by atoms with Gasteiger partial charge in [-0.25, -0.2) is 4.52 Å². The molecule has 0 aliphatic heterocycles. The number of benzene rings is 2. The average Bonchev–Trinajstić information content (AvgIpc) is 3.33. The fourth-order valence-electron chi connectivity index (χ4n) is 3.02. The van der Waals surface area contributed by atoms with Gasteiger partial charge in [-0.1, -0.05) is 32.0 Å². The highest BCUT2D eigenvalue weighted by molar-refractivity contribution is 7.15. The summed E-state index contributed by atoms with van der Waals surface area (Å²) in [5.41, 5.74) is 2.96. The summed E-state index contributed by atoms with van der Waals surface area (Å²) >= 11 is 1.43. The minimum atomic E-state index is -0.306. The van der Waals surface area contributed by atoms with Gasteiger partial charge in [-0.2, -0.15) is 4.98 Å². The third-order valence-corrected chi connectivity index (χ3v) is 5.30. The van der Waals surface area contributed by atoms with Crippen molar-refractivity contribution in [2.45, 2.75) is 20.8 Å². The number of aromatic nitrogens is 3. The van der Waals surface area contributed by atoms with Gasteiger partial charge < -0.3 is 10.1 Å². The number of hydrogen-bond donors (Lipinski definition) is 2. The Labute approximate surface area is 189 Å². The van der Waals surface area contributed by atoms with Crippen molar-refractivity contribution in [2.24, 2.45) is 5.92 Å². The molecule has 0 atom stereocenters. The Hall–Kier alpha value is -3.72. The number of nitrogens with one attached hydrogen (secondary N) is 2. The molecule has 0 aliphatic carbocycles. The van der Waals surface area contributed by atoms with E-state index in [1.165, 1.54) is 18.3 Å². The minimum Gasteiger partial charge on any atom is -0.493 e. The fourth-order valence-corrected chi connectivity index (χ4v) is 3.86. The van der Waals surface area contributed by atoms with Crippen LogP contribution in [0.3, 0.4) is 0 Å². The van der Waals surface area contributed by atoms with Crippen LogP contribution in [-0.2, 0) is 4.79 Å². The zero-order chi connectivity index (χ0) is 22.7. The van der Waals surface area contributed by atoms with Gasteiger partial charge in [0.1, 0.15) is 5.75 Å². The Kier molecular flexibility index (Phi) is 6.18. The number of anilines is 2. The van der Waals surface area contributed by atoms with Crippen molar-refractivity contribution in [1.29, 1.82) is 0 Å². The van der Waals surface area contributed by atoms with E-state index in [1.807, 2.05) is 35.7 Å². The summed E-state index contributed by atoms with van der Waals surface area (Å²) in [6, 6.07) is 14.5. The number of carbonyl (C=O) groups excluding carboxylic acids is 2. The first kappa shape index (κ1) is 21.5. The van der Waals surface area contributed by atoms with Gasteiger partial charge in [0.25, 0.3) is 11.9 Å². The standard InChI is InChI=1S/C23H23N5O3S/c1-14(2)12-31-19-6-4-5-17(11-19)21(30)25-22-26-23-28(27-22)20(13-32-23)16-7-9-18(10-8-16)24-15(3)29/h4-11,13-14H,12H2,1-3H3,(H,24,29)(H,25,27,30). The number of carbonyl (C=O) groups is 2. The number of ether oxygens (including phenoxy) is 1. The van der Waals surface area contributed by atoms with Crippen molar-refractivity contribution in [3.05, 3.63) is 59.5 Å². The summed E-state index contributed by atoms with van der Waals surface area (Å²) in [5.74, 6) is 0.844. The van der Waals surface area contributed by atoms with Crippen molar-refractivity contribution in [3.63, 3.8) is 0 Å². The second-order valence-electron chi connectivity index (χ2n) is 7.70. The van der Waals surface area contributed by atoms with Crippen molar-refractivity contribution in [3.8, 4) is 17.0 Å². The van der Waals surface area contributed by atoms with Crippen LogP contribution in [0.5, 0.6) is 5.75 Å². The summed E-state index contributed by atoms with van der Waals surface area (Å²) in [6.07, 6.45) is 0. The van der Waals surface area contributed by atoms with E-state index in [-0.39, 0.29) is 17.8 Å². The van der Waals surface area contributed by atoms with E-state index in [2.05, 4.69) is 34.6 Å². The normalized spacial score (nSPS) is 11.0. The summed E-state index contributed by atoms with van der Waals surface area (Å²) < 4.78 is 7.39. The monoisotopic (exact) mass is 449 g/mol. The first-order chi connectivity index (χ1) is 15.4. The smallest absolute Gasteiger partial charge is 0.258 e. The van der Waals surface area contributed by atoms with Gasteiger partial charge in [-0.3, -0.25) is 14.9 Å². The van der Waals surface area contributed by atoms with Gasteiger partial charge in [-0.05, 0) is 36.2 Å². The zero-order valence-corrected chi connectivity index (χ0v) is 18.8. The van der Waals surface area contributed by atoms with Crippen molar-refractivity contribution >= 4 is 39.7 Å². The molecular weight excluding hydrogens is 426 g/mol. The lowest BCUT2D eigenvalue weighted by Gasteiger charge is -2.09. The molecule has 2 amide bonds. The molecule has 0 saturated carbocycles. The Morgan fingerprint density at radius 1 is 1.12 bits per heavy atom. The summed E-state index contributed by atoms with van der Waals surface area (Å²) in [4.78, 5) is 29.0. The van der Waals surface area contributed by atoms with Gasteiger partial charge in [-0.15, -0.1) is 16.4 Å². The van der Waals surface area contributed by atoms with Crippen LogP contribution < -0.4 is 15.4 Å². The third kappa shape index (κ3) is 4.94. The molecule has 2 aromatic carbocycles. The van der Waals surface area contributed by atoms with Crippen LogP contribution in [-0.4, -0.2) is 33.0 Å². The molecule has 0 fully saturated rings. The Morgan fingerprint density at radius 2 is 1.91 bits per heavy atom. The van der Waals surface area contributed by atoms with E-state index in [0.717, 1.165) is 16.9 Å². The fraction of sp³-hybridized carbons (Fsp3) is 0.217. The number of amides is 2. The highest BCUT2D eigenvalue weighted by Gasteiger charge is 2.15. The summed E-state index contributed by atoms with van der Waals surface area (Å²) in [6.45, 7) is 6.19. The van der Waals surface area contributed by atoms with Crippen LogP contribution >= 0.6 is 11.3 Å². The number of hydrogen-bond acceptors (Lipinski definition) is 6. The predicted molar refractivity (Wildman–Crippen MR) is 125 cm³/mol. The van der Waals surface area contributed by atoms with Crippen molar-refractivity contribution < 1.29 is 14.3 Å². The molecule has 2 N–H and O–H groups in total. The van der Waals surface area contributed by atoms with E-state index < -0.39 is 0 Å². The highest BCUT2D eigenvalue weighted by Crippen LogP contribution is 2.27. The maximum absolute atomic E-state index is 12.7. The molecule has 0 unspecified atom stereocenters. The number of thiazole rings is 1. The molecule has 8 nitrogen and oxygen atoms in total. The molecule has 4 aromatic rings. The van der Waals surface area contributed by atoms with E-state index in [0.29, 0.717) is 28.8 Å². The van der Waals surface area contributed by atoms with Crippen LogP contribution in [0, 0.1) is 5.92 Å². The topological polar surface area (TPSA) is 97.6 Å². The molecule has 164 valence electrons. The number of nitrogens with zero attached hydrogens (tertiary/aromatic N) is 3. The predicted octanol–water partition coefficient (Wildman–Crippen LogP) is 4.70. The molecule has 2 aromatic heterocycles. The largest absolute Gasteiger partial charge is 0.493 e. The molecule has 0 bridgehead atoms. The highest BCUT2D eigenvalue weighted by atomic mass is 32.1. The molecule has 2 heterocycles. The summed E-state index contributed by atoms with van der Waals surface area (Å²) in [7, 11) is 0. The van der Waals surface area contributed by atoms with Gasteiger partial charge in [0.15, 0.2) is 0 Å². The Bertz CT molecular complexity index is 1260. The quantitative estimate of drug-likeness (QED) is 0.426. The second-order valence-corrected chi connectivity index (χ2v) is 8.53. The van der Waals surface area contributed by atoms with Gasteiger partial charge in [0.05, 0.1) is 12.3 Å². The van der Waals surface area contributed by atoms with Crippen LogP contribution in [0.2, 0.25) is 0 Å². The molecule has 0 radical (unpaired) electrons. The molecular formula is C23H23N5O3S. The molecule has 32 heavy (non-hydrogen) atoms. The number of fused-ring (bicyclic) bond motifs is 1. The molecule has 9 heteroatoms. The third-order valence-electron chi connectivity index (χ3n) is 4.49. The van der Waals surface area contributed by atoms with Crippen LogP contribution in [0.25, 0.3) is 16.2 Å². The maximum Gasteiger partial charge on any atom is 0.258 e. The lowest BCUT2D eigenvalue weighted by atomic mass is 10.1. The Morgan fingerprint density at radius 3 is 2.62 bits per heavy atom. The SMILES string of the molecule is CC(=O)Nc1ccc(-c2csc3nc(NC(=O)c4cccc(OCC(C)C)c4)nn23)cc1. The number of rotatable bonds is 7. The lowest BCUT2D eigenvalue weighted by Crippen LogP contribution is -2.13. The zero-order valence-electron chi connectivity index (χ0n) is 18.0. The van der Waals surface area contributed by atoms with E-state index in [1.54, 1.807) is 22.7 Å². The first-order valence-electron chi connectivity index (χ1n) is 10.2. The van der Waals surface area contributed by atoms with Gasteiger partial charge in [0.2, 0.25) is 10.9 Å². The van der Waals surface area contributed by atoms with Gasteiger partial charge in [0, 0.05) is 29.1 Å². The van der Waals surface area contributed by atoms with E-state index >= 15 is 0 Å². The van der Waals surface area contributed by atoms with E-state index in [4.69, 9.17) is 4.74 Å². The van der Waals surface area contributed by atoms with Crippen molar-refractivity contribution in [1.82, 2.24) is 14.6 Å². The second kappa shape index (κ2) is 9.19. The van der Waals surface area contributed by atoms with Gasteiger partial charge >= 0.3 is 0 Å². The minimum absolute atomic E-state index is 0.121. The molecule has 4 rings (SSSR count). The van der Waals surface area contributed by atoms with Crippen LogP contribution in [0.4, 0.5) is 11.6 Å².